The van der Waals surface area contributed by atoms with Crippen molar-refractivity contribution in [2.24, 2.45) is 4.99 Å². The van der Waals surface area contributed by atoms with Crippen molar-refractivity contribution >= 4 is 29.9 Å². The zero-order valence-corrected chi connectivity index (χ0v) is 19.9. The summed E-state index contributed by atoms with van der Waals surface area (Å²) in [6.45, 7) is 4.79. The second-order valence-corrected chi connectivity index (χ2v) is 6.61. The van der Waals surface area contributed by atoms with E-state index in [1.54, 1.807) is 12.1 Å². The molecule has 0 saturated carbocycles. The second-order valence-electron chi connectivity index (χ2n) is 6.61. The Hall–Kier alpha value is -2.11. The Morgan fingerprint density at radius 2 is 1.97 bits per heavy atom. The van der Waals surface area contributed by atoms with E-state index < -0.39 is 6.61 Å². The molecule has 0 saturated heterocycles. The molecule has 1 aromatic carbocycles. The molecule has 1 heterocycles. The van der Waals surface area contributed by atoms with Crippen molar-refractivity contribution in [3.63, 3.8) is 0 Å². The average molecular weight is 538 g/mol. The van der Waals surface area contributed by atoms with E-state index in [4.69, 9.17) is 9.26 Å². The SMILES string of the molecule is CCNC(=NCc1cc(C(C)C)no1)NCCc1ccc(OC)c(OC(F)F)c1.I. The van der Waals surface area contributed by atoms with Crippen LogP contribution in [0.3, 0.4) is 0 Å². The number of hydrogen-bond acceptors (Lipinski definition) is 5. The first kappa shape index (κ1) is 25.9. The normalized spacial score (nSPS) is 11.4. The number of guanidine groups is 1. The summed E-state index contributed by atoms with van der Waals surface area (Å²) in [6, 6.07) is 6.88. The van der Waals surface area contributed by atoms with E-state index in [0.29, 0.717) is 43.7 Å². The van der Waals surface area contributed by atoms with Crippen LogP contribution in [0.1, 0.15) is 43.7 Å². The molecule has 0 bridgehead atoms. The molecule has 0 spiro atoms. The van der Waals surface area contributed by atoms with Crippen LogP contribution in [0.5, 0.6) is 11.5 Å². The fourth-order valence-corrected chi connectivity index (χ4v) is 2.56. The number of hydrogen-bond donors (Lipinski definition) is 2. The first-order chi connectivity index (χ1) is 13.9. The van der Waals surface area contributed by atoms with Gasteiger partial charge < -0.3 is 24.6 Å². The van der Waals surface area contributed by atoms with Crippen LogP contribution >= 0.6 is 24.0 Å². The molecule has 0 radical (unpaired) electrons. The van der Waals surface area contributed by atoms with Crippen LogP contribution in [-0.4, -0.2) is 37.9 Å². The first-order valence-electron chi connectivity index (χ1n) is 9.52. The van der Waals surface area contributed by atoms with Gasteiger partial charge in [-0.15, -0.1) is 24.0 Å². The van der Waals surface area contributed by atoms with Crippen LogP contribution in [0.15, 0.2) is 33.8 Å². The largest absolute Gasteiger partial charge is 0.493 e. The Morgan fingerprint density at radius 3 is 2.57 bits per heavy atom. The Morgan fingerprint density at radius 1 is 1.20 bits per heavy atom. The predicted octanol–water partition coefficient (Wildman–Crippen LogP) is 4.32. The van der Waals surface area contributed by atoms with Gasteiger partial charge in [-0.1, -0.05) is 25.1 Å². The highest BCUT2D eigenvalue weighted by Crippen LogP contribution is 2.29. The highest BCUT2D eigenvalue weighted by Gasteiger charge is 2.11. The smallest absolute Gasteiger partial charge is 0.387 e. The highest BCUT2D eigenvalue weighted by atomic mass is 127. The third-order valence-electron chi connectivity index (χ3n) is 4.06. The summed E-state index contributed by atoms with van der Waals surface area (Å²) in [5, 5.41) is 10.4. The van der Waals surface area contributed by atoms with Crippen molar-refractivity contribution < 1.29 is 22.8 Å². The van der Waals surface area contributed by atoms with E-state index in [-0.39, 0.29) is 35.5 Å². The topological polar surface area (TPSA) is 80.9 Å². The van der Waals surface area contributed by atoms with Gasteiger partial charge in [0.25, 0.3) is 0 Å². The Labute approximate surface area is 192 Å². The molecule has 2 N–H and O–H groups in total. The fraction of sp³-hybridized carbons (Fsp3) is 0.500. The van der Waals surface area contributed by atoms with Crippen LogP contribution in [-0.2, 0) is 13.0 Å². The van der Waals surface area contributed by atoms with Crippen molar-refractivity contribution in [2.75, 3.05) is 20.2 Å². The van der Waals surface area contributed by atoms with Crippen LogP contribution in [0.4, 0.5) is 8.78 Å². The Balaban J connectivity index is 0.00000450. The minimum Gasteiger partial charge on any atom is -0.493 e. The lowest BCUT2D eigenvalue weighted by Crippen LogP contribution is -2.38. The molecule has 0 fully saturated rings. The summed E-state index contributed by atoms with van der Waals surface area (Å²) in [6.07, 6.45) is 0.591. The van der Waals surface area contributed by atoms with Gasteiger partial charge in [0.05, 0.1) is 12.8 Å². The number of aromatic nitrogens is 1. The van der Waals surface area contributed by atoms with E-state index >= 15 is 0 Å². The van der Waals surface area contributed by atoms with Gasteiger partial charge in [-0.05, 0) is 37.0 Å². The van der Waals surface area contributed by atoms with Gasteiger partial charge in [0.1, 0.15) is 6.54 Å². The second kappa shape index (κ2) is 13.2. The number of nitrogens with one attached hydrogen (secondary N) is 2. The maximum atomic E-state index is 12.6. The summed E-state index contributed by atoms with van der Waals surface area (Å²) in [4.78, 5) is 4.49. The number of benzene rings is 1. The van der Waals surface area contributed by atoms with E-state index in [1.165, 1.54) is 7.11 Å². The molecule has 0 atom stereocenters. The summed E-state index contributed by atoms with van der Waals surface area (Å²) < 4.78 is 40.0. The molecular formula is C20H29F2IN4O3. The van der Waals surface area contributed by atoms with Crippen molar-refractivity contribution in [3.05, 3.63) is 41.3 Å². The molecule has 0 aliphatic carbocycles. The number of methoxy groups -OCH3 is 1. The van der Waals surface area contributed by atoms with Crippen LogP contribution < -0.4 is 20.1 Å². The average Bonchev–Trinajstić information content (AvgIpc) is 3.15. The molecule has 10 heteroatoms. The van der Waals surface area contributed by atoms with Crippen molar-refractivity contribution in [1.29, 1.82) is 0 Å². The van der Waals surface area contributed by atoms with E-state index in [9.17, 15) is 8.78 Å². The van der Waals surface area contributed by atoms with Gasteiger partial charge >= 0.3 is 6.61 Å². The lowest BCUT2D eigenvalue weighted by molar-refractivity contribution is -0.0512. The summed E-state index contributed by atoms with van der Waals surface area (Å²) >= 11 is 0. The molecule has 2 aromatic rings. The first-order valence-corrected chi connectivity index (χ1v) is 9.52. The minimum atomic E-state index is -2.91. The Bertz CT molecular complexity index is 800. The van der Waals surface area contributed by atoms with Gasteiger partial charge in [-0.25, -0.2) is 4.99 Å². The third kappa shape index (κ3) is 8.33. The zero-order chi connectivity index (χ0) is 21.2. The number of alkyl halides is 2. The summed E-state index contributed by atoms with van der Waals surface area (Å²) in [5.74, 6) is 1.91. The lowest BCUT2D eigenvalue weighted by atomic mass is 10.1. The number of rotatable bonds is 10. The van der Waals surface area contributed by atoms with Crippen molar-refractivity contribution in [3.8, 4) is 11.5 Å². The molecular weight excluding hydrogens is 509 g/mol. The zero-order valence-electron chi connectivity index (χ0n) is 17.6. The molecule has 1 aromatic heterocycles. The van der Waals surface area contributed by atoms with Crippen LogP contribution in [0.25, 0.3) is 0 Å². The molecule has 7 nitrogen and oxygen atoms in total. The standard InChI is InChI=1S/C20H28F2N4O3.HI/c1-5-23-20(25-12-15-11-16(13(2)3)26-29-15)24-9-8-14-6-7-17(27-4)18(10-14)28-19(21)22;/h6-7,10-11,13,19H,5,8-9,12H2,1-4H3,(H2,23,24,25);1H. The Kier molecular flexibility index (Phi) is 11.4. The van der Waals surface area contributed by atoms with Gasteiger partial charge in [0.15, 0.2) is 23.2 Å². The maximum absolute atomic E-state index is 12.6. The fourth-order valence-electron chi connectivity index (χ4n) is 2.56. The number of aliphatic imine (C=N–C) groups is 1. The van der Waals surface area contributed by atoms with Gasteiger partial charge in [0, 0.05) is 19.2 Å². The molecule has 0 amide bonds. The summed E-state index contributed by atoms with van der Waals surface area (Å²) in [5.41, 5.74) is 1.73. The number of nitrogens with zero attached hydrogens (tertiary/aromatic N) is 2. The highest BCUT2D eigenvalue weighted by molar-refractivity contribution is 14.0. The molecule has 0 unspecified atom stereocenters. The lowest BCUT2D eigenvalue weighted by Gasteiger charge is -2.13. The third-order valence-corrected chi connectivity index (χ3v) is 4.06. The van der Waals surface area contributed by atoms with Crippen molar-refractivity contribution in [1.82, 2.24) is 15.8 Å². The number of halogens is 3. The molecule has 2 rings (SSSR count). The van der Waals surface area contributed by atoms with Crippen LogP contribution in [0.2, 0.25) is 0 Å². The van der Waals surface area contributed by atoms with Gasteiger partial charge in [0.2, 0.25) is 0 Å². The predicted molar refractivity (Wildman–Crippen MR) is 122 cm³/mol. The van der Waals surface area contributed by atoms with Gasteiger partial charge in [-0.2, -0.15) is 8.78 Å². The van der Waals surface area contributed by atoms with Crippen LogP contribution in [0, 0.1) is 0 Å². The van der Waals surface area contributed by atoms with Gasteiger partial charge in [-0.3, -0.25) is 0 Å². The summed E-state index contributed by atoms with van der Waals surface area (Å²) in [7, 11) is 1.41. The van der Waals surface area contributed by atoms with E-state index in [2.05, 4.69) is 25.5 Å². The maximum Gasteiger partial charge on any atom is 0.387 e. The minimum absolute atomic E-state index is 0. The van der Waals surface area contributed by atoms with E-state index in [1.807, 2.05) is 32.9 Å². The molecule has 0 aliphatic rings. The molecule has 30 heavy (non-hydrogen) atoms. The quantitative estimate of drug-likeness (QED) is 0.267. The monoisotopic (exact) mass is 538 g/mol. The molecule has 168 valence electrons. The van der Waals surface area contributed by atoms with E-state index in [0.717, 1.165) is 11.3 Å². The molecule has 0 aliphatic heterocycles. The number of ether oxygens (including phenoxy) is 2. The van der Waals surface area contributed by atoms with Crippen molar-refractivity contribution in [2.45, 2.75) is 46.3 Å².